The van der Waals surface area contributed by atoms with Gasteiger partial charge in [0.2, 0.25) is 0 Å². The zero-order chi connectivity index (χ0) is 85.1. The first-order valence-corrected chi connectivity index (χ1v) is 45.1. The summed E-state index contributed by atoms with van der Waals surface area (Å²) in [5.74, 6) is 4.48. The molecule has 0 aliphatic carbocycles. The molecular formula is C113H79Ir3N5O6P3-3. The van der Waals surface area contributed by atoms with Gasteiger partial charge in [0, 0.05) is 130 Å². The smallest absolute Gasteiger partial charge is 0.306 e. The summed E-state index contributed by atoms with van der Waals surface area (Å²) in [7, 11) is -4.63. The fraction of sp³-hybridized carbons (Fsp3) is 0. The Morgan fingerprint density at radius 2 is 0.569 bits per heavy atom. The van der Waals surface area contributed by atoms with Gasteiger partial charge >= 0.3 is 16.8 Å². The monoisotopic (exact) mass is 2270 g/mol. The number of rotatable bonds is 24. The molecule has 21 rings (SSSR count). The molecule has 130 heavy (non-hydrogen) atoms. The fourth-order valence-corrected chi connectivity index (χ4v) is 18.7. The zero-order valence-electron chi connectivity index (χ0n) is 69.6. The molecule has 0 unspecified atom stereocenters. The minimum absolute atomic E-state index is 0. The number of fused-ring (bicyclic) bond motifs is 5. The van der Waals surface area contributed by atoms with Crippen LogP contribution in [0.15, 0.2) is 480 Å². The van der Waals surface area contributed by atoms with Crippen molar-refractivity contribution in [3.63, 3.8) is 0 Å². The van der Waals surface area contributed by atoms with Crippen LogP contribution < -0.4 is 52.9 Å². The molecule has 11 nitrogen and oxygen atoms in total. The van der Waals surface area contributed by atoms with E-state index < -0.39 is 25.1 Å². The summed E-state index contributed by atoms with van der Waals surface area (Å²) in [6.07, 6.45) is 3.82. The number of pyridine rings is 3. The topological polar surface area (TPSA) is 101 Å². The Kier molecular flexibility index (Phi) is 30.3. The van der Waals surface area contributed by atoms with Gasteiger partial charge in [-0.25, -0.2) is 0 Å². The third-order valence-corrected chi connectivity index (χ3v) is 25.3. The van der Waals surface area contributed by atoms with Crippen molar-refractivity contribution in [2.45, 2.75) is 0 Å². The van der Waals surface area contributed by atoms with Crippen LogP contribution >= 0.6 is 25.1 Å². The van der Waals surface area contributed by atoms with E-state index in [1.807, 2.05) is 261 Å². The van der Waals surface area contributed by atoms with E-state index in [4.69, 9.17) is 42.1 Å². The van der Waals surface area contributed by atoms with Gasteiger partial charge in [-0.15, -0.1) is 89.5 Å². The zero-order valence-corrected chi connectivity index (χ0v) is 79.5. The standard InChI is InChI=1S/C51H37N3O2P.C35H23NO2P.C27H19NO2P.3Ir/c1-5-21-42(22-6-1)53(43-23-7-2-8-24-43)46-29-16-31-48(36-46)55-57(50-33-15-20-40(34-50)51-35-39-18-13-14-19-41(39)38-52-51)56-49-32-17-30-47(37-49)54(44-25-9-3-10-26-44)45-27-11-4-12-28-45;1-2-13-29-24-36-33(23-27(29)12-1)28-16-7-17-30(22-28)39(37-34-20-8-14-25-10-3-5-18-31(25)34)38-35-21-9-15-26-11-4-6-19-32(26)35;1-3-10-23(11-4-1)29-31(30-24-12-5-2-6-13-24)25-18-15-22(16-19-25)27-20-17-21-9-7-8-14-26(21)28-27;;;/h1-19,21-38H;1-15,17-24H;1-15,17-20H;;;/q3*-1;;;. The average molecular weight is 2270 g/mol. The van der Waals surface area contributed by atoms with E-state index in [0.29, 0.717) is 11.5 Å². The molecule has 637 valence electrons. The van der Waals surface area contributed by atoms with Crippen LogP contribution in [-0.2, 0) is 60.3 Å². The second-order valence-electron chi connectivity index (χ2n) is 29.5. The maximum atomic E-state index is 6.97. The molecule has 3 heterocycles. The molecule has 0 N–H and O–H groups in total. The SMILES string of the molecule is [Ir].[Ir].[Ir].[c-]1cc(P(Oc2ccccc2)Oc2ccccc2)ccc1-c1ccc2ccccc2n1.[c-]1ccc(P(Oc2cccc(N(c3ccccc3)c3ccccc3)c2)Oc2cccc(N(c3ccccc3)c3ccccc3)c2)cc1-c1cc2ccccc2cn1.[c-]1ccc(P(Oc2cccc3ccccc23)Oc2cccc3ccccc23)cc1-c1cc2ccccc2cn1. The van der Waals surface area contributed by atoms with E-state index in [9.17, 15) is 0 Å². The van der Waals surface area contributed by atoms with Gasteiger partial charge in [0.25, 0.3) is 8.38 Å². The number of aromatic nitrogens is 3. The van der Waals surface area contributed by atoms with E-state index in [1.54, 1.807) is 0 Å². The predicted molar refractivity (Wildman–Crippen MR) is 525 cm³/mol. The third-order valence-electron chi connectivity index (χ3n) is 21.0. The van der Waals surface area contributed by atoms with Crippen LogP contribution in [0.4, 0.5) is 34.1 Å². The summed E-state index contributed by atoms with van der Waals surface area (Å²) in [4.78, 5) is 18.7. The number of benzene rings is 18. The Bertz CT molecular complexity index is 6960. The first-order chi connectivity index (χ1) is 62.9. The summed E-state index contributed by atoms with van der Waals surface area (Å²) in [6.45, 7) is 0. The van der Waals surface area contributed by atoms with E-state index in [0.717, 1.165) is 161 Å². The van der Waals surface area contributed by atoms with Crippen molar-refractivity contribution in [1.29, 1.82) is 0 Å². The largest absolute Gasteiger partial charge is 0.442 e. The quantitative estimate of drug-likeness (QED) is 0.0427. The van der Waals surface area contributed by atoms with Crippen LogP contribution in [0.1, 0.15) is 0 Å². The molecule has 17 heteroatoms. The summed E-state index contributed by atoms with van der Waals surface area (Å²) < 4.78 is 39.8. The van der Waals surface area contributed by atoms with Gasteiger partial charge in [-0.1, -0.05) is 285 Å². The van der Waals surface area contributed by atoms with Crippen molar-refractivity contribution in [2.24, 2.45) is 0 Å². The normalized spacial score (nSPS) is 10.8. The first kappa shape index (κ1) is 89.7. The van der Waals surface area contributed by atoms with Gasteiger partial charge in [-0.05, 0) is 186 Å². The van der Waals surface area contributed by atoms with Crippen LogP contribution in [0.25, 0.3) is 87.8 Å². The Balaban J connectivity index is 0.000000148. The summed E-state index contributed by atoms with van der Waals surface area (Å²) >= 11 is 0. The Hall–Kier alpha value is -13.7. The van der Waals surface area contributed by atoms with Crippen molar-refractivity contribution in [2.75, 3.05) is 9.80 Å². The molecular weight excluding hydrogens is 2190 g/mol. The van der Waals surface area contributed by atoms with Crippen LogP contribution in [-0.4, -0.2) is 15.0 Å². The number of nitrogens with zero attached hydrogens (tertiary/aromatic N) is 5. The van der Waals surface area contributed by atoms with Gasteiger partial charge in [0.15, 0.2) is 0 Å². The van der Waals surface area contributed by atoms with Gasteiger partial charge in [-0.2, -0.15) is 0 Å². The molecule has 0 amide bonds. The molecule has 0 aliphatic rings. The maximum Gasteiger partial charge on any atom is 0.306 e. The Morgan fingerprint density at radius 1 is 0.223 bits per heavy atom. The minimum atomic E-state index is -1.71. The summed E-state index contributed by atoms with van der Waals surface area (Å²) in [6, 6.07) is 167. The van der Waals surface area contributed by atoms with E-state index in [-0.39, 0.29) is 60.3 Å². The first-order valence-electron chi connectivity index (χ1n) is 41.6. The number of anilines is 6. The third kappa shape index (κ3) is 22.0. The number of hydrogen-bond donors (Lipinski definition) is 0. The van der Waals surface area contributed by atoms with Crippen LogP contribution in [0, 0.1) is 18.2 Å². The fourth-order valence-electron chi connectivity index (χ4n) is 14.8. The van der Waals surface area contributed by atoms with Gasteiger partial charge in [0.1, 0.15) is 34.5 Å². The van der Waals surface area contributed by atoms with Crippen molar-refractivity contribution < 1.29 is 87.5 Å². The maximum absolute atomic E-state index is 6.97. The molecule has 0 spiro atoms. The molecule has 3 radical (unpaired) electrons. The molecule has 0 bridgehead atoms. The second kappa shape index (κ2) is 43.9. The number of para-hydroxylation sites is 7. The van der Waals surface area contributed by atoms with E-state index >= 15 is 0 Å². The minimum Gasteiger partial charge on any atom is -0.442 e. The molecule has 0 fully saturated rings. The van der Waals surface area contributed by atoms with E-state index in [2.05, 4.69) is 246 Å². The molecule has 3 aromatic heterocycles. The molecule has 0 atom stereocenters. The number of hydrogen-bond acceptors (Lipinski definition) is 11. The summed E-state index contributed by atoms with van der Waals surface area (Å²) in [5, 5.41) is 12.7. The van der Waals surface area contributed by atoms with Gasteiger partial charge in [0.05, 0.1) is 5.52 Å². The second-order valence-corrected chi connectivity index (χ2v) is 33.7. The van der Waals surface area contributed by atoms with Crippen molar-refractivity contribution in [1.82, 2.24) is 15.0 Å². The van der Waals surface area contributed by atoms with Crippen molar-refractivity contribution >= 4 is 129 Å². The average Bonchev–Trinajstić information content (AvgIpc) is 0.802. The molecule has 0 saturated carbocycles. The van der Waals surface area contributed by atoms with Crippen molar-refractivity contribution in [3.8, 4) is 68.3 Å². The van der Waals surface area contributed by atoms with Crippen LogP contribution in [0.2, 0.25) is 0 Å². The predicted octanol–water partition coefficient (Wildman–Crippen LogP) is 29.6. The molecule has 0 aliphatic heterocycles. The van der Waals surface area contributed by atoms with Crippen LogP contribution in [0.3, 0.4) is 0 Å². The molecule has 0 saturated heterocycles. The molecule has 18 aromatic carbocycles. The van der Waals surface area contributed by atoms with Crippen molar-refractivity contribution in [3.05, 3.63) is 498 Å². The van der Waals surface area contributed by atoms with Crippen LogP contribution in [0.5, 0.6) is 34.5 Å². The Labute approximate surface area is 800 Å². The Morgan fingerprint density at radius 3 is 1.01 bits per heavy atom. The van der Waals surface area contributed by atoms with Gasteiger partial charge in [-0.3, -0.25) is 4.98 Å². The van der Waals surface area contributed by atoms with E-state index in [1.165, 1.54) is 0 Å². The molecule has 21 aromatic rings. The summed E-state index contributed by atoms with van der Waals surface area (Å²) in [5.41, 5.74) is 12.4. The van der Waals surface area contributed by atoms with Gasteiger partial charge < -0.3 is 46.9 Å².